The Kier molecular flexibility index (Phi) is 4.70. The number of hydrogen-bond acceptors (Lipinski definition) is 6. The zero-order valence-corrected chi connectivity index (χ0v) is 13.9. The predicted molar refractivity (Wildman–Crippen MR) is 85.2 cm³/mol. The standard InChI is InChI=1S/C13H17N3O2S3/c17-21(18,16-9-12-15-7-8-19-12)13-4-3-11(20-13)5-6-14-10-1-2-10/h3-4,7-8,10,14,16H,1-2,5-6,9H2. The molecule has 0 unspecified atom stereocenters. The Morgan fingerprint density at radius 3 is 2.90 bits per heavy atom. The number of sulfonamides is 1. The highest BCUT2D eigenvalue weighted by molar-refractivity contribution is 7.91. The molecule has 0 spiro atoms. The second-order valence-corrected chi connectivity index (χ2v) is 9.09. The Hall–Kier alpha value is -0.800. The first-order chi connectivity index (χ1) is 10.1. The summed E-state index contributed by atoms with van der Waals surface area (Å²) in [5.74, 6) is 0. The van der Waals surface area contributed by atoms with E-state index in [0.29, 0.717) is 10.3 Å². The minimum absolute atomic E-state index is 0.246. The van der Waals surface area contributed by atoms with Gasteiger partial charge in [0.25, 0.3) is 0 Å². The molecule has 2 aromatic rings. The second-order valence-electron chi connectivity index (χ2n) is 4.95. The number of nitrogens with zero attached hydrogens (tertiary/aromatic N) is 1. The van der Waals surface area contributed by atoms with Crippen LogP contribution in [0.3, 0.4) is 0 Å². The van der Waals surface area contributed by atoms with Gasteiger partial charge in [0, 0.05) is 29.0 Å². The average molecular weight is 343 g/mol. The minimum atomic E-state index is -3.43. The van der Waals surface area contributed by atoms with Crippen LogP contribution in [-0.4, -0.2) is 26.0 Å². The summed E-state index contributed by atoms with van der Waals surface area (Å²) in [7, 11) is -3.43. The largest absolute Gasteiger partial charge is 0.314 e. The van der Waals surface area contributed by atoms with Crippen LogP contribution in [0, 0.1) is 0 Å². The first kappa shape index (κ1) is 15.1. The second kappa shape index (κ2) is 6.53. The van der Waals surface area contributed by atoms with Crippen molar-refractivity contribution in [1.29, 1.82) is 0 Å². The summed E-state index contributed by atoms with van der Waals surface area (Å²) in [6.45, 7) is 1.16. The van der Waals surface area contributed by atoms with Gasteiger partial charge < -0.3 is 5.32 Å². The van der Waals surface area contributed by atoms with E-state index in [2.05, 4.69) is 15.0 Å². The maximum absolute atomic E-state index is 12.2. The van der Waals surface area contributed by atoms with E-state index in [0.717, 1.165) is 22.9 Å². The smallest absolute Gasteiger partial charge is 0.250 e. The fraction of sp³-hybridized carbons (Fsp3) is 0.462. The number of rotatable bonds is 8. The van der Waals surface area contributed by atoms with Crippen molar-refractivity contribution in [3.8, 4) is 0 Å². The average Bonchev–Trinajstić information content (AvgIpc) is 2.94. The van der Waals surface area contributed by atoms with Gasteiger partial charge in [-0.2, -0.15) is 0 Å². The fourth-order valence-corrected chi connectivity index (χ4v) is 4.93. The van der Waals surface area contributed by atoms with Crippen molar-refractivity contribution in [3.05, 3.63) is 33.6 Å². The summed E-state index contributed by atoms with van der Waals surface area (Å²) in [6, 6.07) is 4.27. The van der Waals surface area contributed by atoms with Gasteiger partial charge in [-0.3, -0.25) is 0 Å². The third kappa shape index (κ3) is 4.33. The van der Waals surface area contributed by atoms with Crippen molar-refractivity contribution < 1.29 is 8.42 Å². The number of aromatic nitrogens is 1. The molecule has 0 amide bonds. The predicted octanol–water partition coefficient (Wildman–Crippen LogP) is 1.98. The van der Waals surface area contributed by atoms with Crippen LogP contribution >= 0.6 is 22.7 Å². The van der Waals surface area contributed by atoms with Crippen LogP contribution in [0.2, 0.25) is 0 Å². The molecular weight excluding hydrogens is 326 g/mol. The number of thiophene rings is 1. The Morgan fingerprint density at radius 1 is 1.33 bits per heavy atom. The van der Waals surface area contributed by atoms with E-state index in [4.69, 9.17) is 0 Å². The molecular formula is C13H17N3O2S3. The summed E-state index contributed by atoms with van der Waals surface area (Å²) in [4.78, 5) is 5.16. The lowest BCUT2D eigenvalue weighted by Crippen LogP contribution is -2.22. The van der Waals surface area contributed by atoms with Crippen molar-refractivity contribution in [1.82, 2.24) is 15.0 Å². The molecule has 2 N–H and O–H groups in total. The van der Waals surface area contributed by atoms with Crippen molar-refractivity contribution in [3.63, 3.8) is 0 Å². The highest BCUT2D eigenvalue weighted by Crippen LogP contribution is 2.23. The molecule has 21 heavy (non-hydrogen) atoms. The van der Waals surface area contributed by atoms with Crippen LogP contribution in [0.25, 0.3) is 0 Å². The van der Waals surface area contributed by atoms with Gasteiger partial charge in [-0.05, 0) is 31.4 Å². The maximum atomic E-state index is 12.2. The topological polar surface area (TPSA) is 71.1 Å². The van der Waals surface area contributed by atoms with E-state index in [-0.39, 0.29) is 6.54 Å². The molecule has 0 aliphatic heterocycles. The SMILES string of the molecule is O=S(=O)(NCc1nccs1)c1ccc(CCNC2CC2)s1. The summed E-state index contributed by atoms with van der Waals surface area (Å²) in [6.07, 6.45) is 5.09. The van der Waals surface area contributed by atoms with Gasteiger partial charge in [-0.1, -0.05) is 0 Å². The number of hydrogen-bond donors (Lipinski definition) is 2. The van der Waals surface area contributed by atoms with Gasteiger partial charge in [-0.15, -0.1) is 22.7 Å². The molecule has 1 fully saturated rings. The molecule has 0 bridgehead atoms. The summed E-state index contributed by atoms with van der Waals surface area (Å²) >= 11 is 2.78. The lowest BCUT2D eigenvalue weighted by atomic mass is 10.3. The van der Waals surface area contributed by atoms with Gasteiger partial charge in [0.15, 0.2) is 0 Å². The molecule has 114 valence electrons. The van der Waals surface area contributed by atoms with Gasteiger partial charge in [-0.25, -0.2) is 18.1 Å². The molecule has 0 aromatic carbocycles. The molecule has 1 aliphatic carbocycles. The van der Waals surface area contributed by atoms with E-state index in [1.54, 1.807) is 12.3 Å². The minimum Gasteiger partial charge on any atom is -0.314 e. The van der Waals surface area contributed by atoms with E-state index >= 15 is 0 Å². The molecule has 3 rings (SSSR count). The van der Waals surface area contributed by atoms with Gasteiger partial charge in [0.05, 0.1) is 6.54 Å². The van der Waals surface area contributed by atoms with Gasteiger partial charge >= 0.3 is 0 Å². The lowest BCUT2D eigenvalue weighted by Gasteiger charge is -2.02. The molecule has 1 aliphatic rings. The third-order valence-electron chi connectivity index (χ3n) is 3.18. The zero-order chi connectivity index (χ0) is 14.7. The van der Waals surface area contributed by atoms with Crippen LogP contribution in [0.15, 0.2) is 27.9 Å². The molecule has 2 heterocycles. The van der Waals surface area contributed by atoms with Gasteiger partial charge in [0.1, 0.15) is 9.22 Å². The van der Waals surface area contributed by atoms with Crippen LogP contribution in [0.1, 0.15) is 22.7 Å². The first-order valence-corrected chi connectivity index (χ1v) is 10.0. The van der Waals surface area contributed by atoms with Crippen LogP contribution < -0.4 is 10.0 Å². The first-order valence-electron chi connectivity index (χ1n) is 6.83. The van der Waals surface area contributed by atoms with Crippen LogP contribution in [0.4, 0.5) is 0 Å². The summed E-state index contributed by atoms with van der Waals surface area (Å²) in [5, 5.41) is 6.03. The van der Waals surface area contributed by atoms with Crippen molar-refractivity contribution in [2.75, 3.05) is 6.54 Å². The van der Waals surface area contributed by atoms with Gasteiger partial charge in [0.2, 0.25) is 10.0 Å². The molecule has 0 radical (unpaired) electrons. The maximum Gasteiger partial charge on any atom is 0.250 e. The Labute approximate surface area is 132 Å². The molecule has 0 atom stereocenters. The Morgan fingerprint density at radius 2 is 2.19 bits per heavy atom. The summed E-state index contributed by atoms with van der Waals surface area (Å²) < 4.78 is 27.4. The van der Waals surface area contributed by atoms with E-state index in [9.17, 15) is 8.42 Å². The molecule has 2 aromatic heterocycles. The van der Waals surface area contributed by atoms with Crippen LogP contribution in [0.5, 0.6) is 0 Å². The Bertz CT molecular complexity index is 675. The quantitative estimate of drug-likeness (QED) is 0.769. The summed E-state index contributed by atoms with van der Waals surface area (Å²) in [5.41, 5.74) is 0. The molecule has 1 saturated carbocycles. The van der Waals surface area contributed by atoms with Crippen molar-refractivity contribution in [2.24, 2.45) is 0 Å². The third-order valence-corrected chi connectivity index (χ3v) is 7.00. The normalized spacial score (nSPS) is 15.4. The zero-order valence-electron chi connectivity index (χ0n) is 11.4. The van der Waals surface area contributed by atoms with E-state index < -0.39 is 10.0 Å². The highest BCUT2D eigenvalue weighted by Gasteiger charge is 2.20. The number of thiazole rings is 1. The van der Waals surface area contributed by atoms with Crippen molar-refractivity contribution >= 4 is 32.7 Å². The lowest BCUT2D eigenvalue weighted by molar-refractivity contribution is 0.583. The highest BCUT2D eigenvalue weighted by atomic mass is 32.2. The fourth-order valence-electron chi connectivity index (χ4n) is 1.89. The van der Waals surface area contributed by atoms with Crippen molar-refractivity contribution in [2.45, 2.75) is 36.1 Å². The molecule has 8 heteroatoms. The molecule has 0 saturated heterocycles. The van der Waals surface area contributed by atoms with Crippen LogP contribution in [-0.2, 0) is 23.0 Å². The van der Waals surface area contributed by atoms with E-state index in [1.165, 1.54) is 35.5 Å². The Balaban J connectivity index is 1.55. The monoisotopic (exact) mass is 343 g/mol. The number of nitrogens with one attached hydrogen (secondary N) is 2. The van der Waals surface area contributed by atoms with E-state index in [1.807, 2.05) is 11.4 Å². The molecule has 5 nitrogen and oxygen atoms in total.